The number of para-hydroxylation sites is 4. The van der Waals surface area contributed by atoms with Gasteiger partial charge in [0.05, 0.1) is 55.8 Å². The Morgan fingerprint density at radius 3 is 1.41 bits per heavy atom. The van der Waals surface area contributed by atoms with Crippen LogP contribution in [0.5, 0.6) is 0 Å². The molecular formula is C81H57N5. The molecule has 86 heavy (non-hydrogen) atoms. The van der Waals surface area contributed by atoms with Crippen molar-refractivity contribution in [2.24, 2.45) is 0 Å². The fourth-order valence-corrected chi connectivity index (χ4v) is 15.5. The third-order valence-corrected chi connectivity index (χ3v) is 19.5. The van der Waals surface area contributed by atoms with Crippen LogP contribution in [0.1, 0.15) is 52.7 Å². The van der Waals surface area contributed by atoms with Gasteiger partial charge in [0.25, 0.3) is 0 Å². The Morgan fingerprint density at radius 2 is 0.779 bits per heavy atom. The number of benzene rings is 12. The second-order valence-electron chi connectivity index (χ2n) is 26.3. The summed E-state index contributed by atoms with van der Waals surface area (Å²) in [6.07, 6.45) is 2.22. The molecule has 0 unspecified atom stereocenters. The van der Waals surface area contributed by atoms with E-state index in [2.05, 4.69) is 296 Å². The lowest BCUT2D eigenvalue weighted by atomic mass is 9.83. The Hall–Kier alpha value is -10.5. The van der Waals surface area contributed by atoms with Crippen LogP contribution in [-0.2, 0) is 10.8 Å². The van der Waals surface area contributed by atoms with Crippen LogP contribution in [0.3, 0.4) is 0 Å². The first-order valence-electron chi connectivity index (χ1n) is 30.3. The zero-order valence-corrected chi connectivity index (χ0v) is 48.8. The van der Waals surface area contributed by atoms with E-state index in [0.29, 0.717) is 0 Å². The van der Waals surface area contributed by atoms with Crippen molar-refractivity contribution in [2.45, 2.75) is 52.4 Å². The summed E-state index contributed by atoms with van der Waals surface area (Å²) in [5, 5.41) is 19.9. The third-order valence-electron chi connectivity index (χ3n) is 19.5. The second kappa shape index (κ2) is 16.6. The van der Waals surface area contributed by atoms with Gasteiger partial charge in [0.2, 0.25) is 0 Å². The van der Waals surface area contributed by atoms with Gasteiger partial charge in [-0.15, -0.1) is 0 Å². The fraction of sp³-hybridized carbons (Fsp3) is 0.0988. The van der Waals surface area contributed by atoms with Crippen molar-refractivity contribution in [3.63, 3.8) is 0 Å². The molecule has 7 heterocycles. The molecule has 0 N–H and O–H groups in total. The molecule has 0 aliphatic heterocycles. The van der Waals surface area contributed by atoms with Crippen molar-refractivity contribution in [2.75, 3.05) is 0 Å². The van der Waals surface area contributed by atoms with E-state index >= 15 is 0 Å². The molecule has 5 heteroatoms. The van der Waals surface area contributed by atoms with Crippen LogP contribution in [0.2, 0.25) is 0 Å². The highest BCUT2D eigenvalue weighted by atomic mass is 15.0. The average Bonchev–Trinajstić information content (AvgIpc) is 1.52. The summed E-state index contributed by atoms with van der Waals surface area (Å²) in [5.41, 5.74) is 21.3. The van der Waals surface area contributed by atoms with Gasteiger partial charge in [0.15, 0.2) is 0 Å². The van der Waals surface area contributed by atoms with E-state index in [4.69, 9.17) is 4.98 Å². The summed E-state index contributed by atoms with van der Waals surface area (Å²) in [7, 11) is 0. The Labute approximate surface area is 495 Å². The lowest BCUT2D eigenvalue weighted by molar-refractivity contribution is 0.591. The van der Waals surface area contributed by atoms with Crippen LogP contribution in [0.4, 0.5) is 0 Å². The smallest absolute Gasteiger partial charge is 0.146 e. The summed E-state index contributed by atoms with van der Waals surface area (Å²) in [6.45, 7) is 14.2. The highest BCUT2D eigenvalue weighted by molar-refractivity contribution is 6.40. The molecule has 5 nitrogen and oxygen atoms in total. The number of hydrogen-bond donors (Lipinski definition) is 0. The SMILES string of the molecule is CC(C)(C)c1cc(-c2ccc3c(c2)c2ccccc2n3-c2ccccc2)c2c(c1)c1cc(C(C)(C)C)cc3c4c5c6c7ccccc7cc7c8cc9ccccc9c(-c9ccc%10c(c9)c9ccccc9n%10-c9ccccc9)c8n(c5cnc4n2c13)c76. The average molecular weight is 1100 g/mol. The van der Waals surface area contributed by atoms with Crippen LogP contribution in [0.15, 0.2) is 237 Å². The molecule has 406 valence electrons. The first-order chi connectivity index (χ1) is 42.0. The van der Waals surface area contributed by atoms with Gasteiger partial charge in [-0.2, -0.15) is 0 Å². The van der Waals surface area contributed by atoms with E-state index in [1.54, 1.807) is 0 Å². The maximum absolute atomic E-state index is 5.86. The maximum Gasteiger partial charge on any atom is 0.146 e. The molecule has 0 radical (unpaired) electrons. The standard InChI is InChI=1S/C81H57N5/c1-80(2,3)50-41-58(48-33-35-68-59(37-48)56-29-17-19-31-66(56)83(68)52-23-9-7-10-24-52)75-63(42-50)64-43-51(81(4,5)6)44-65-73-74-70(45-82-79(73)86(75)76(64)65)85-77-61(62-39-47-22-14-16-28-55(47)72(74)78(62)85)38-46-21-13-15-27-54(46)71(77)49-34-36-69-60(40-49)57-30-18-20-32-67(57)84(69)53-25-11-8-12-26-53/h7-45H,1-6H3. The predicted octanol–water partition coefficient (Wildman–Crippen LogP) is 21.8. The van der Waals surface area contributed by atoms with Gasteiger partial charge >= 0.3 is 0 Å². The molecule has 19 aromatic rings. The van der Waals surface area contributed by atoms with Crippen molar-refractivity contribution in [3.05, 3.63) is 248 Å². The predicted molar refractivity (Wildman–Crippen MR) is 366 cm³/mol. The molecule has 12 aromatic carbocycles. The van der Waals surface area contributed by atoms with E-state index in [0.717, 1.165) is 22.5 Å². The number of hydrogen-bond acceptors (Lipinski definition) is 1. The van der Waals surface area contributed by atoms with E-state index in [9.17, 15) is 0 Å². The van der Waals surface area contributed by atoms with Crippen molar-refractivity contribution < 1.29 is 0 Å². The van der Waals surface area contributed by atoms with Crippen molar-refractivity contribution in [3.8, 4) is 33.6 Å². The van der Waals surface area contributed by atoms with Crippen LogP contribution in [-0.4, -0.2) is 22.9 Å². The zero-order chi connectivity index (χ0) is 57.2. The van der Waals surface area contributed by atoms with Crippen molar-refractivity contribution >= 4 is 141 Å². The number of aromatic nitrogens is 5. The fourth-order valence-electron chi connectivity index (χ4n) is 15.5. The van der Waals surface area contributed by atoms with Gasteiger partial charge in [0.1, 0.15) is 5.65 Å². The molecular weight excluding hydrogens is 1040 g/mol. The monoisotopic (exact) mass is 1100 g/mol. The second-order valence-corrected chi connectivity index (χ2v) is 26.3. The maximum atomic E-state index is 5.86. The van der Waals surface area contributed by atoms with Gasteiger partial charge < -0.3 is 13.5 Å². The van der Waals surface area contributed by atoms with Crippen LogP contribution in [0.25, 0.3) is 175 Å². The van der Waals surface area contributed by atoms with Gasteiger partial charge in [0, 0.05) is 87.1 Å². The number of fused-ring (bicyclic) bond motifs is 22. The molecule has 0 aliphatic carbocycles. The first-order valence-corrected chi connectivity index (χ1v) is 30.3. The van der Waals surface area contributed by atoms with Gasteiger partial charge in [-0.25, -0.2) is 4.98 Å². The summed E-state index contributed by atoms with van der Waals surface area (Å²) in [4.78, 5) is 5.86. The quantitative estimate of drug-likeness (QED) is 0.173. The Bertz CT molecular complexity index is 6130. The summed E-state index contributed by atoms with van der Waals surface area (Å²) in [5.74, 6) is 0. The van der Waals surface area contributed by atoms with E-state index in [-0.39, 0.29) is 10.8 Å². The van der Waals surface area contributed by atoms with Crippen molar-refractivity contribution in [1.82, 2.24) is 22.9 Å². The minimum absolute atomic E-state index is 0.122. The van der Waals surface area contributed by atoms with Gasteiger partial charge in [-0.05, 0) is 152 Å². The summed E-state index contributed by atoms with van der Waals surface area (Å²) >= 11 is 0. The number of rotatable bonds is 4. The topological polar surface area (TPSA) is 31.6 Å². The number of nitrogens with zero attached hydrogens (tertiary/aromatic N) is 5. The highest BCUT2D eigenvalue weighted by Crippen LogP contribution is 2.53. The van der Waals surface area contributed by atoms with Gasteiger partial charge in [-0.3, -0.25) is 4.40 Å². The Morgan fingerprint density at radius 1 is 0.302 bits per heavy atom. The molecule has 0 fully saturated rings. The van der Waals surface area contributed by atoms with Crippen molar-refractivity contribution in [1.29, 1.82) is 0 Å². The zero-order valence-electron chi connectivity index (χ0n) is 48.8. The van der Waals surface area contributed by atoms with Crippen LogP contribution < -0.4 is 0 Å². The molecule has 0 spiro atoms. The lowest BCUT2D eigenvalue weighted by Gasteiger charge is -2.22. The van der Waals surface area contributed by atoms with E-state index in [1.165, 1.54) is 164 Å². The normalized spacial score (nSPS) is 13.0. The minimum atomic E-state index is -0.144. The molecule has 7 aromatic heterocycles. The molecule has 0 bridgehead atoms. The molecule has 0 aliphatic rings. The molecule has 19 rings (SSSR count). The van der Waals surface area contributed by atoms with Crippen LogP contribution >= 0.6 is 0 Å². The van der Waals surface area contributed by atoms with Gasteiger partial charge in [-0.1, -0.05) is 175 Å². The lowest BCUT2D eigenvalue weighted by Crippen LogP contribution is -2.11. The number of pyridine rings is 1. The summed E-state index contributed by atoms with van der Waals surface area (Å²) < 4.78 is 10.0. The van der Waals surface area contributed by atoms with E-state index < -0.39 is 0 Å². The Balaban J connectivity index is 0.972. The largest absolute Gasteiger partial charge is 0.309 e. The highest BCUT2D eigenvalue weighted by Gasteiger charge is 2.32. The van der Waals surface area contributed by atoms with E-state index in [1.807, 2.05) is 0 Å². The Kier molecular flexibility index (Phi) is 9.28. The van der Waals surface area contributed by atoms with Crippen LogP contribution in [0, 0.1) is 0 Å². The third kappa shape index (κ3) is 6.26. The summed E-state index contributed by atoms with van der Waals surface area (Å²) in [6, 6.07) is 86.8. The molecule has 0 amide bonds. The molecule has 0 saturated heterocycles. The molecule has 0 atom stereocenters. The minimum Gasteiger partial charge on any atom is -0.309 e. The molecule has 0 saturated carbocycles. The first kappa shape index (κ1) is 47.9.